The van der Waals surface area contributed by atoms with Crippen LogP contribution in [0.5, 0.6) is 0 Å². The smallest absolute Gasteiger partial charge is 0.273 e. The number of rotatable bonds is 0. The quantitative estimate of drug-likeness (QED) is 0.648. The zero-order valence-electron chi connectivity index (χ0n) is 7.08. The van der Waals surface area contributed by atoms with Crippen LogP contribution in [0.3, 0.4) is 0 Å². The predicted octanol–water partition coefficient (Wildman–Crippen LogP) is 1.38. The van der Waals surface area contributed by atoms with Gasteiger partial charge in [0.25, 0.3) is 0 Å². The molecule has 0 aromatic carbocycles. The molecule has 0 aliphatic heterocycles. The summed E-state index contributed by atoms with van der Waals surface area (Å²) >= 11 is 0. The molecule has 0 atom stereocenters. The Bertz CT molecular complexity index is 473. The van der Waals surface area contributed by atoms with Crippen LogP contribution in [-0.2, 0) is 13.2 Å². The molecule has 0 amide bonds. The van der Waals surface area contributed by atoms with E-state index >= 15 is 0 Å². The Morgan fingerprint density at radius 1 is 1.36 bits per heavy atom. The van der Waals surface area contributed by atoms with Crippen molar-refractivity contribution < 1.29 is 13.2 Å². The number of aromatic nitrogens is 4. The molecule has 0 saturated heterocycles. The molecule has 2 aromatic rings. The van der Waals surface area contributed by atoms with Gasteiger partial charge in [-0.2, -0.15) is 18.3 Å². The lowest BCUT2D eigenvalue weighted by atomic mass is 10.4. The summed E-state index contributed by atoms with van der Waals surface area (Å²) in [7, 11) is 1.61. The van der Waals surface area contributed by atoms with E-state index in [9.17, 15) is 13.2 Å². The fourth-order valence-electron chi connectivity index (χ4n) is 1.07. The van der Waals surface area contributed by atoms with Crippen LogP contribution < -0.4 is 0 Å². The molecule has 0 bridgehead atoms. The summed E-state index contributed by atoms with van der Waals surface area (Å²) in [5.41, 5.74) is 0.0508. The van der Waals surface area contributed by atoms with E-state index in [4.69, 9.17) is 0 Å². The van der Waals surface area contributed by atoms with Crippen LogP contribution in [-0.4, -0.2) is 19.7 Å². The van der Waals surface area contributed by atoms with Gasteiger partial charge in [-0.1, -0.05) is 0 Å². The number of nitrogens with zero attached hydrogens (tertiary/aromatic N) is 4. The van der Waals surface area contributed by atoms with Crippen LogP contribution in [0.4, 0.5) is 13.2 Å². The van der Waals surface area contributed by atoms with Crippen LogP contribution in [0.25, 0.3) is 11.0 Å². The number of alkyl halides is 3. The molecule has 74 valence electrons. The van der Waals surface area contributed by atoms with Gasteiger partial charge in [-0.05, 0) is 0 Å². The summed E-state index contributed by atoms with van der Waals surface area (Å²) in [5, 5.41) is 4.24. The molecule has 2 rings (SSSR count). The number of halogens is 3. The van der Waals surface area contributed by atoms with Gasteiger partial charge < -0.3 is 0 Å². The van der Waals surface area contributed by atoms with E-state index in [1.165, 1.54) is 4.68 Å². The van der Waals surface area contributed by atoms with E-state index in [0.29, 0.717) is 5.39 Å². The normalized spacial score (nSPS) is 12.3. The molecule has 0 fully saturated rings. The van der Waals surface area contributed by atoms with Crippen molar-refractivity contribution in [1.29, 1.82) is 0 Å². The Hall–Kier alpha value is -1.66. The number of fused-ring (bicyclic) bond motifs is 1. The Morgan fingerprint density at radius 2 is 2.07 bits per heavy atom. The predicted molar refractivity (Wildman–Crippen MR) is 41.3 cm³/mol. The first kappa shape index (κ1) is 8.92. The summed E-state index contributed by atoms with van der Waals surface area (Å²) in [4.78, 5) is 6.50. The van der Waals surface area contributed by atoms with Crippen molar-refractivity contribution in [3.05, 3.63) is 18.2 Å². The molecule has 2 aromatic heterocycles. The fourth-order valence-corrected chi connectivity index (χ4v) is 1.07. The molecule has 2 heterocycles. The Balaban J connectivity index is 2.62. The summed E-state index contributed by atoms with van der Waals surface area (Å²) in [6.45, 7) is 0. The highest BCUT2D eigenvalue weighted by atomic mass is 19.4. The van der Waals surface area contributed by atoms with Crippen molar-refractivity contribution in [2.75, 3.05) is 0 Å². The minimum atomic E-state index is -4.52. The SMILES string of the molecule is Cn1cc2cnc(C(F)(F)F)nc2n1. The summed E-state index contributed by atoms with van der Waals surface area (Å²) in [6.07, 6.45) is -1.86. The molecule has 0 unspecified atom stereocenters. The van der Waals surface area contributed by atoms with Crippen LogP contribution in [0.1, 0.15) is 5.82 Å². The van der Waals surface area contributed by atoms with Gasteiger partial charge in [0.1, 0.15) is 0 Å². The second kappa shape index (κ2) is 2.66. The van der Waals surface area contributed by atoms with Crippen molar-refractivity contribution >= 4 is 11.0 Å². The van der Waals surface area contributed by atoms with E-state index in [0.717, 1.165) is 6.20 Å². The van der Waals surface area contributed by atoms with Crippen LogP contribution in [0.2, 0.25) is 0 Å². The van der Waals surface area contributed by atoms with Gasteiger partial charge in [0, 0.05) is 19.4 Å². The van der Waals surface area contributed by atoms with E-state index in [1.807, 2.05) is 0 Å². The summed E-state index contributed by atoms with van der Waals surface area (Å²) < 4.78 is 37.9. The largest absolute Gasteiger partial charge is 0.451 e. The van der Waals surface area contributed by atoms with Crippen molar-refractivity contribution in [3.8, 4) is 0 Å². The lowest BCUT2D eigenvalue weighted by molar-refractivity contribution is -0.144. The first-order valence-electron chi connectivity index (χ1n) is 3.70. The maximum Gasteiger partial charge on any atom is 0.451 e. The molecule has 4 nitrogen and oxygen atoms in total. The van der Waals surface area contributed by atoms with E-state index in [-0.39, 0.29) is 5.65 Å². The second-order valence-electron chi connectivity index (χ2n) is 2.77. The topological polar surface area (TPSA) is 43.6 Å². The van der Waals surface area contributed by atoms with Crippen molar-refractivity contribution in [2.45, 2.75) is 6.18 Å². The van der Waals surface area contributed by atoms with Gasteiger partial charge in [-0.25, -0.2) is 9.97 Å². The molecule has 0 saturated carbocycles. The van der Waals surface area contributed by atoms with Crippen molar-refractivity contribution in [3.63, 3.8) is 0 Å². The van der Waals surface area contributed by atoms with Gasteiger partial charge in [0.15, 0.2) is 5.65 Å². The molecular weight excluding hydrogens is 197 g/mol. The van der Waals surface area contributed by atoms with Gasteiger partial charge in [0.05, 0.1) is 5.39 Å². The van der Waals surface area contributed by atoms with Gasteiger partial charge in [-0.15, -0.1) is 0 Å². The zero-order valence-corrected chi connectivity index (χ0v) is 7.08. The number of hydrogen-bond donors (Lipinski definition) is 0. The molecular formula is C7H5F3N4. The maximum absolute atomic E-state index is 12.2. The van der Waals surface area contributed by atoms with Gasteiger partial charge in [0.2, 0.25) is 5.82 Å². The van der Waals surface area contributed by atoms with E-state index in [1.54, 1.807) is 13.2 Å². The lowest BCUT2D eigenvalue weighted by Gasteiger charge is -2.02. The van der Waals surface area contributed by atoms with E-state index < -0.39 is 12.0 Å². The third-order valence-electron chi connectivity index (χ3n) is 1.63. The van der Waals surface area contributed by atoms with Gasteiger partial charge >= 0.3 is 6.18 Å². The van der Waals surface area contributed by atoms with Crippen LogP contribution in [0, 0.1) is 0 Å². The Kier molecular flexibility index (Phi) is 1.70. The van der Waals surface area contributed by atoms with Crippen molar-refractivity contribution in [1.82, 2.24) is 19.7 Å². The zero-order chi connectivity index (χ0) is 10.3. The monoisotopic (exact) mass is 202 g/mol. The number of hydrogen-bond acceptors (Lipinski definition) is 3. The highest BCUT2D eigenvalue weighted by Gasteiger charge is 2.34. The first-order chi connectivity index (χ1) is 6.47. The third kappa shape index (κ3) is 1.40. The van der Waals surface area contributed by atoms with Crippen LogP contribution >= 0.6 is 0 Å². The maximum atomic E-state index is 12.2. The van der Waals surface area contributed by atoms with Crippen molar-refractivity contribution in [2.24, 2.45) is 7.05 Å². The summed E-state index contributed by atoms with van der Waals surface area (Å²) in [5.74, 6) is -1.16. The highest BCUT2D eigenvalue weighted by molar-refractivity contribution is 5.72. The minimum Gasteiger partial charge on any atom is -0.273 e. The third-order valence-corrected chi connectivity index (χ3v) is 1.63. The average molecular weight is 202 g/mol. The first-order valence-corrected chi connectivity index (χ1v) is 3.70. The molecule has 0 N–H and O–H groups in total. The standard InChI is InChI=1S/C7H5F3N4/c1-14-3-4-2-11-6(7(8,9)10)12-5(4)13-14/h2-3H,1H3. The average Bonchev–Trinajstić information content (AvgIpc) is 2.41. The van der Waals surface area contributed by atoms with Crippen LogP contribution in [0.15, 0.2) is 12.4 Å². The molecule has 14 heavy (non-hydrogen) atoms. The molecule has 0 aliphatic carbocycles. The fraction of sp³-hybridized carbons (Fsp3) is 0.286. The highest BCUT2D eigenvalue weighted by Crippen LogP contribution is 2.26. The van der Waals surface area contributed by atoms with Gasteiger partial charge in [-0.3, -0.25) is 4.68 Å². The number of aryl methyl sites for hydroxylation is 1. The second-order valence-corrected chi connectivity index (χ2v) is 2.77. The Labute approximate surface area is 76.4 Å². The Morgan fingerprint density at radius 3 is 2.71 bits per heavy atom. The summed E-state index contributed by atoms with van der Waals surface area (Å²) in [6, 6.07) is 0. The van der Waals surface area contributed by atoms with E-state index in [2.05, 4.69) is 15.1 Å². The minimum absolute atomic E-state index is 0.0508. The molecule has 7 heteroatoms. The molecule has 0 spiro atoms. The molecule has 0 radical (unpaired) electrons. The molecule has 0 aliphatic rings. The lowest BCUT2D eigenvalue weighted by Crippen LogP contribution is -2.10.